The van der Waals surface area contributed by atoms with Crippen molar-refractivity contribution >= 4 is 12.4 Å². The fraction of sp³-hybridized carbons (Fsp3) is 0.538. The van der Waals surface area contributed by atoms with E-state index in [4.69, 9.17) is 4.74 Å². The molecule has 1 fully saturated rings. The van der Waals surface area contributed by atoms with Crippen LogP contribution in [0.2, 0.25) is 0 Å². The van der Waals surface area contributed by atoms with Crippen LogP contribution in [0.3, 0.4) is 0 Å². The zero-order chi connectivity index (χ0) is 11.9. The Morgan fingerprint density at radius 2 is 2.06 bits per heavy atom. The SMILES string of the molecule is Cl.OC1(C2Cc3cccc(F)c3O2)CCNCC1. The first kappa shape index (κ1) is 13.6. The lowest BCUT2D eigenvalue weighted by atomic mass is 9.85. The number of hydrogen-bond donors (Lipinski definition) is 2. The molecule has 2 aliphatic heterocycles. The minimum Gasteiger partial charge on any atom is -0.484 e. The molecular formula is C13H17ClFNO2. The predicted molar refractivity (Wildman–Crippen MR) is 68.8 cm³/mol. The van der Waals surface area contributed by atoms with Crippen molar-refractivity contribution < 1.29 is 14.2 Å². The molecule has 0 radical (unpaired) electrons. The Hall–Kier alpha value is -0.840. The molecule has 0 aromatic heterocycles. The summed E-state index contributed by atoms with van der Waals surface area (Å²) in [5.41, 5.74) is 0.0402. The van der Waals surface area contributed by atoms with Gasteiger partial charge in [0.1, 0.15) is 11.7 Å². The van der Waals surface area contributed by atoms with E-state index in [1.54, 1.807) is 6.07 Å². The minimum absolute atomic E-state index is 0. The Morgan fingerprint density at radius 3 is 2.72 bits per heavy atom. The maximum Gasteiger partial charge on any atom is 0.165 e. The smallest absolute Gasteiger partial charge is 0.165 e. The second-order valence-corrected chi connectivity index (χ2v) is 4.89. The Balaban J connectivity index is 0.00000120. The fourth-order valence-corrected chi connectivity index (χ4v) is 2.71. The Bertz CT molecular complexity index is 435. The van der Waals surface area contributed by atoms with E-state index in [2.05, 4.69) is 5.32 Å². The summed E-state index contributed by atoms with van der Waals surface area (Å²) in [7, 11) is 0. The average molecular weight is 274 g/mol. The monoisotopic (exact) mass is 273 g/mol. The summed E-state index contributed by atoms with van der Waals surface area (Å²) < 4.78 is 19.2. The molecule has 0 spiro atoms. The zero-order valence-corrected chi connectivity index (χ0v) is 10.8. The van der Waals surface area contributed by atoms with Crippen molar-refractivity contribution in [2.45, 2.75) is 31.0 Å². The molecular weight excluding hydrogens is 257 g/mol. The third-order valence-electron chi connectivity index (χ3n) is 3.78. The number of para-hydroxylation sites is 1. The Morgan fingerprint density at radius 1 is 1.33 bits per heavy atom. The number of rotatable bonds is 1. The summed E-state index contributed by atoms with van der Waals surface area (Å²) in [6.45, 7) is 1.57. The van der Waals surface area contributed by atoms with Gasteiger partial charge in [0.15, 0.2) is 11.6 Å². The number of halogens is 2. The first-order valence-corrected chi connectivity index (χ1v) is 6.06. The van der Waals surface area contributed by atoms with Crippen LogP contribution in [0, 0.1) is 5.82 Å². The molecule has 1 saturated heterocycles. The molecule has 0 amide bonds. The van der Waals surface area contributed by atoms with Crippen LogP contribution in [0.1, 0.15) is 18.4 Å². The molecule has 0 bridgehead atoms. The van der Waals surface area contributed by atoms with E-state index >= 15 is 0 Å². The van der Waals surface area contributed by atoms with Crippen LogP contribution >= 0.6 is 12.4 Å². The van der Waals surface area contributed by atoms with Crippen LogP contribution in [0.5, 0.6) is 5.75 Å². The second kappa shape index (κ2) is 5.03. The van der Waals surface area contributed by atoms with E-state index in [1.165, 1.54) is 6.07 Å². The van der Waals surface area contributed by atoms with E-state index in [0.717, 1.165) is 18.7 Å². The molecule has 0 saturated carbocycles. The van der Waals surface area contributed by atoms with Gasteiger partial charge in [-0.15, -0.1) is 12.4 Å². The summed E-state index contributed by atoms with van der Waals surface area (Å²) in [6.07, 6.45) is 1.61. The molecule has 2 N–H and O–H groups in total. The Kier molecular flexibility index (Phi) is 3.80. The molecule has 2 heterocycles. The maximum absolute atomic E-state index is 13.5. The molecule has 2 aliphatic rings. The molecule has 18 heavy (non-hydrogen) atoms. The maximum atomic E-state index is 13.5. The van der Waals surface area contributed by atoms with Crippen LogP contribution < -0.4 is 10.1 Å². The highest BCUT2D eigenvalue weighted by atomic mass is 35.5. The van der Waals surface area contributed by atoms with Gasteiger partial charge in [-0.3, -0.25) is 0 Å². The van der Waals surface area contributed by atoms with Gasteiger partial charge in [0.05, 0.1) is 0 Å². The molecule has 1 unspecified atom stereocenters. The van der Waals surface area contributed by atoms with Gasteiger partial charge < -0.3 is 15.2 Å². The average Bonchev–Trinajstić information content (AvgIpc) is 2.76. The van der Waals surface area contributed by atoms with Gasteiger partial charge in [0.2, 0.25) is 0 Å². The molecule has 5 heteroatoms. The van der Waals surface area contributed by atoms with Gasteiger partial charge >= 0.3 is 0 Å². The van der Waals surface area contributed by atoms with Crippen molar-refractivity contribution in [3.05, 3.63) is 29.6 Å². The number of fused-ring (bicyclic) bond motifs is 1. The first-order valence-electron chi connectivity index (χ1n) is 6.06. The lowest BCUT2D eigenvalue weighted by Gasteiger charge is -2.36. The van der Waals surface area contributed by atoms with Crippen LogP contribution in [-0.4, -0.2) is 29.9 Å². The normalized spacial score (nSPS) is 24.9. The van der Waals surface area contributed by atoms with Gasteiger partial charge in [-0.05, 0) is 32.0 Å². The highest BCUT2D eigenvalue weighted by Gasteiger charge is 2.43. The molecule has 1 aromatic carbocycles. The van der Waals surface area contributed by atoms with E-state index < -0.39 is 5.60 Å². The van der Waals surface area contributed by atoms with E-state index in [9.17, 15) is 9.50 Å². The van der Waals surface area contributed by atoms with E-state index in [-0.39, 0.29) is 24.3 Å². The molecule has 100 valence electrons. The molecule has 1 aromatic rings. The number of nitrogens with one attached hydrogen (secondary N) is 1. The van der Waals surface area contributed by atoms with E-state index in [1.807, 2.05) is 6.07 Å². The number of aliphatic hydroxyl groups is 1. The standard InChI is InChI=1S/C13H16FNO2.ClH/c14-10-3-1-2-9-8-11(17-12(9)10)13(16)4-6-15-7-5-13;/h1-3,11,15-16H,4-8H2;1H. The van der Waals surface area contributed by atoms with Gasteiger partial charge in [0, 0.05) is 12.0 Å². The number of benzene rings is 1. The third kappa shape index (κ3) is 2.20. The number of piperidine rings is 1. The quantitative estimate of drug-likeness (QED) is 0.818. The largest absolute Gasteiger partial charge is 0.484 e. The summed E-state index contributed by atoms with van der Waals surface area (Å²) in [4.78, 5) is 0. The van der Waals surface area contributed by atoms with Crippen LogP contribution in [0.4, 0.5) is 4.39 Å². The summed E-state index contributed by atoms with van der Waals surface area (Å²) in [5.74, 6) is -0.00741. The third-order valence-corrected chi connectivity index (χ3v) is 3.78. The molecule has 3 nitrogen and oxygen atoms in total. The van der Waals surface area contributed by atoms with Crippen molar-refractivity contribution in [2.75, 3.05) is 13.1 Å². The predicted octanol–water partition coefficient (Wildman–Crippen LogP) is 1.67. The summed E-state index contributed by atoms with van der Waals surface area (Å²) in [6, 6.07) is 4.95. The molecule has 1 atom stereocenters. The van der Waals surface area contributed by atoms with Crippen molar-refractivity contribution in [2.24, 2.45) is 0 Å². The Labute approximate surface area is 112 Å². The zero-order valence-electron chi connectivity index (χ0n) is 9.99. The van der Waals surface area contributed by atoms with Crippen molar-refractivity contribution in [1.82, 2.24) is 5.32 Å². The molecule has 0 aliphatic carbocycles. The number of ether oxygens (including phenoxy) is 1. The van der Waals surface area contributed by atoms with Gasteiger partial charge in [0.25, 0.3) is 0 Å². The summed E-state index contributed by atoms with van der Waals surface area (Å²) >= 11 is 0. The second-order valence-electron chi connectivity index (χ2n) is 4.89. The van der Waals surface area contributed by atoms with E-state index in [0.29, 0.717) is 25.0 Å². The summed E-state index contributed by atoms with van der Waals surface area (Å²) in [5, 5.41) is 13.8. The number of hydrogen-bond acceptors (Lipinski definition) is 3. The highest BCUT2D eigenvalue weighted by molar-refractivity contribution is 5.85. The lowest BCUT2D eigenvalue weighted by molar-refractivity contribution is -0.0731. The first-order chi connectivity index (χ1) is 8.19. The van der Waals surface area contributed by atoms with Gasteiger partial charge in [-0.25, -0.2) is 4.39 Å². The highest BCUT2D eigenvalue weighted by Crippen LogP contribution is 2.37. The van der Waals surface area contributed by atoms with Crippen LogP contribution in [-0.2, 0) is 6.42 Å². The topological polar surface area (TPSA) is 41.5 Å². The van der Waals surface area contributed by atoms with Crippen molar-refractivity contribution in [1.29, 1.82) is 0 Å². The fourth-order valence-electron chi connectivity index (χ4n) is 2.71. The van der Waals surface area contributed by atoms with Crippen molar-refractivity contribution in [3.8, 4) is 5.75 Å². The lowest BCUT2D eigenvalue weighted by Crippen LogP contribution is -2.52. The van der Waals surface area contributed by atoms with Crippen LogP contribution in [0.15, 0.2) is 18.2 Å². The minimum atomic E-state index is -0.823. The van der Waals surface area contributed by atoms with Gasteiger partial charge in [-0.2, -0.15) is 0 Å². The van der Waals surface area contributed by atoms with Crippen molar-refractivity contribution in [3.63, 3.8) is 0 Å². The van der Waals surface area contributed by atoms with Crippen LogP contribution in [0.25, 0.3) is 0 Å². The van der Waals surface area contributed by atoms with Gasteiger partial charge in [-0.1, -0.05) is 12.1 Å². The molecule has 3 rings (SSSR count).